The summed E-state index contributed by atoms with van der Waals surface area (Å²) >= 11 is -2.27. The SMILES string of the molecule is CCCCC([N+]#N)S(=O)[O-]. The minimum absolute atomic E-state index is 0.406. The Labute approximate surface area is 62.5 Å². The van der Waals surface area contributed by atoms with Gasteiger partial charge in [0, 0.05) is 17.5 Å². The molecule has 0 aromatic carbocycles. The van der Waals surface area contributed by atoms with Gasteiger partial charge in [0.15, 0.2) is 0 Å². The van der Waals surface area contributed by atoms with Crippen molar-refractivity contribution in [2.75, 3.05) is 0 Å². The Morgan fingerprint density at radius 2 is 2.40 bits per heavy atom. The smallest absolute Gasteiger partial charge is 0.374 e. The Hall–Kier alpha value is -0.470. The molecule has 0 saturated carbocycles. The Balaban J connectivity index is 3.64. The van der Waals surface area contributed by atoms with E-state index in [0.29, 0.717) is 6.42 Å². The zero-order valence-electron chi connectivity index (χ0n) is 5.82. The lowest BCUT2D eigenvalue weighted by atomic mass is 10.2. The normalized spacial score (nSPS) is 15.7. The third-order valence-electron chi connectivity index (χ3n) is 1.16. The molecule has 0 fully saturated rings. The number of rotatable bonds is 4. The predicted molar refractivity (Wildman–Crippen MR) is 37.3 cm³/mol. The van der Waals surface area contributed by atoms with Gasteiger partial charge < -0.3 is 4.55 Å². The van der Waals surface area contributed by atoms with Gasteiger partial charge in [-0.1, -0.05) is 13.3 Å². The van der Waals surface area contributed by atoms with Crippen LogP contribution in [0.25, 0.3) is 4.98 Å². The molecular weight excluding hydrogens is 152 g/mol. The van der Waals surface area contributed by atoms with Gasteiger partial charge in [0.1, 0.15) is 4.98 Å². The van der Waals surface area contributed by atoms with Crippen molar-refractivity contribution in [3.8, 4) is 0 Å². The summed E-state index contributed by atoms with van der Waals surface area (Å²) in [5, 5.41) is 7.22. The Bertz CT molecular complexity index is 154. The molecule has 0 spiro atoms. The average molecular weight is 162 g/mol. The van der Waals surface area contributed by atoms with Crippen LogP contribution < -0.4 is 0 Å². The number of unbranched alkanes of at least 4 members (excludes halogenated alkanes) is 1. The molecule has 0 aliphatic carbocycles. The minimum Gasteiger partial charge on any atom is -0.766 e. The van der Waals surface area contributed by atoms with Crippen LogP contribution >= 0.6 is 0 Å². The summed E-state index contributed by atoms with van der Waals surface area (Å²) in [7, 11) is 0. The average Bonchev–Trinajstić information content (AvgIpc) is 1.89. The second-order valence-corrected chi connectivity index (χ2v) is 3.04. The van der Waals surface area contributed by atoms with Crippen LogP contribution in [0, 0.1) is 5.39 Å². The molecule has 0 aromatic heterocycles. The first-order valence-electron chi connectivity index (χ1n) is 3.14. The highest BCUT2D eigenvalue weighted by Gasteiger charge is 2.19. The molecule has 0 rings (SSSR count). The van der Waals surface area contributed by atoms with Crippen molar-refractivity contribution >= 4 is 11.1 Å². The maximum absolute atomic E-state index is 10.2. The summed E-state index contributed by atoms with van der Waals surface area (Å²) in [6, 6.07) is 0. The van der Waals surface area contributed by atoms with E-state index in [1.807, 2.05) is 6.92 Å². The van der Waals surface area contributed by atoms with E-state index in [0.717, 1.165) is 12.8 Å². The largest absolute Gasteiger partial charge is 0.766 e. The van der Waals surface area contributed by atoms with E-state index < -0.39 is 16.5 Å². The van der Waals surface area contributed by atoms with Crippen molar-refractivity contribution in [2.24, 2.45) is 0 Å². The fourth-order valence-corrected chi connectivity index (χ4v) is 1.01. The van der Waals surface area contributed by atoms with Gasteiger partial charge in [0.2, 0.25) is 5.39 Å². The zero-order chi connectivity index (χ0) is 7.98. The molecule has 58 valence electrons. The van der Waals surface area contributed by atoms with Crippen molar-refractivity contribution in [1.82, 2.24) is 0 Å². The number of hydrogen-bond acceptors (Lipinski definition) is 3. The summed E-state index contributed by atoms with van der Waals surface area (Å²) in [6.07, 6.45) is 2.08. The predicted octanol–water partition coefficient (Wildman–Crippen LogP) is 1.23. The molecule has 10 heavy (non-hydrogen) atoms. The second-order valence-electron chi connectivity index (χ2n) is 1.97. The van der Waals surface area contributed by atoms with E-state index in [2.05, 4.69) is 4.98 Å². The maximum atomic E-state index is 10.2. The standard InChI is InChI=1S/C5H10N2O2S/c1-2-3-4-5(7-6)10(8)9/h5H,2-4H2,1H3. The van der Waals surface area contributed by atoms with E-state index in [-0.39, 0.29) is 0 Å². The third kappa shape index (κ3) is 3.54. The number of hydrogen-bond donors (Lipinski definition) is 0. The molecule has 4 nitrogen and oxygen atoms in total. The fraction of sp³-hybridized carbons (Fsp3) is 1.00. The van der Waals surface area contributed by atoms with Crippen molar-refractivity contribution in [3.05, 3.63) is 4.98 Å². The van der Waals surface area contributed by atoms with Gasteiger partial charge in [0.25, 0.3) is 0 Å². The van der Waals surface area contributed by atoms with Crippen molar-refractivity contribution in [2.45, 2.75) is 31.6 Å². The molecule has 0 aliphatic heterocycles. The quantitative estimate of drug-likeness (QED) is 0.461. The maximum Gasteiger partial charge on any atom is 0.374 e. The van der Waals surface area contributed by atoms with Gasteiger partial charge in [-0.15, -0.1) is 0 Å². The molecule has 0 aromatic rings. The molecule has 0 saturated heterocycles. The topological polar surface area (TPSA) is 68.3 Å². The zero-order valence-corrected chi connectivity index (χ0v) is 6.63. The summed E-state index contributed by atoms with van der Waals surface area (Å²) in [5.41, 5.74) is 0. The first-order valence-corrected chi connectivity index (χ1v) is 4.28. The van der Waals surface area contributed by atoms with Gasteiger partial charge in [-0.2, -0.15) is 0 Å². The first kappa shape index (κ1) is 9.53. The van der Waals surface area contributed by atoms with Crippen LogP contribution in [-0.2, 0) is 11.1 Å². The summed E-state index contributed by atoms with van der Waals surface area (Å²) in [5.74, 6) is 0. The van der Waals surface area contributed by atoms with E-state index >= 15 is 0 Å². The van der Waals surface area contributed by atoms with Crippen LogP contribution in [0.3, 0.4) is 0 Å². The highest BCUT2D eigenvalue weighted by atomic mass is 32.2. The number of diazo groups is 1. The molecule has 0 N–H and O–H groups in total. The lowest BCUT2D eigenvalue weighted by molar-refractivity contribution is 0.522. The van der Waals surface area contributed by atoms with Crippen molar-refractivity contribution < 1.29 is 8.76 Å². The van der Waals surface area contributed by atoms with Crippen LogP contribution in [0.2, 0.25) is 0 Å². The van der Waals surface area contributed by atoms with Gasteiger partial charge in [0.05, 0.1) is 0 Å². The molecule has 0 aliphatic rings. The van der Waals surface area contributed by atoms with Crippen molar-refractivity contribution in [1.29, 1.82) is 5.39 Å². The van der Waals surface area contributed by atoms with Gasteiger partial charge in [-0.05, 0) is 6.42 Å². The van der Waals surface area contributed by atoms with Crippen LogP contribution in [0.4, 0.5) is 0 Å². The highest BCUT2D eigenvalue weighted by molar-refractivity contribution is 7.79. The van der Waals surface area contributed by atoms with E-state index in [1.54, 1.807) is 0 Å². The molecule has 2 atom stereocenters. The number of nitrogens with zero attached hydrogens (tertiary/aromatic N) is 2. The summed E-state index contributed by atoms with van der Waals surface area (Å²) in [6.45, 7) is 1.95. The fourth-order valence-electron chi connectivity index (χ4n) is 0.571. The highest BCUT2D eigenvalue weighted by Crippen LogP contribution is 2.06. The monoisotopic (exact) mass is 162 g/mol. The Kier molecular flexibility index (Phi) is 5.08. The van der Waals surface area contributed by atoms with Crippen molar-refractivity contribution in [3.63, 3.8) is 0 Å². The van der Waals surface area contributed by atoms with E-state index in [1.165, 1.54) is 0 Å². The van der Waals surface area contributed by atoms with E-state index in [9.17, 15) is 8.76 Å². The molecular formula is C5H10N2O2S. The third-order valence-corrected chi connectivity index (χ3v) is 1.93. The summed E-state index contributed by atoms with van der Waals surface area (Å²) < 4.78 is 20.4. The van der Waals surface area contributed by atoms with Gasteiger partial charge >= 0.3 is 5.37 Å². The Morgan fingerprint density at radius 1 is 1.80 bits per heavy atom. The summed E-state index contributed by atoms with van der Waals surface area (Å²) in [4.78, 5) is 2.71. The minimum atomic E-state index is -2.27. The van der Waals surface area contributed by atoms with Crippen LogP contribution in [-0.4, -0.2) is 14.1 Å². The second kappa shape index (κ2) is 5.33. The van der Waals surface area contributed by atoms with E-state index in [4.69, 9.17) is 5.39 Å². The molecule has 0 radical (unpaired) electrons. The Morgan fingerprint density at radius 3 is 2.70 bits per heavy atom. The van der Waals surface area contributed by atoms with Gasteiger partial charge in [-0.25, -0.2) is 0 Å². The molecule has 0 bridgehead atoms. The van der Waals surface area contributed by atoms with Crippen LogP contribution in [0.15, 0.2) is 0 Å². The van der Waals surface area contributed by atoms with Crippen LogP contribution in [0.5, 0.6) is 0 Å². The van der Waals surface area contributed by atoms with Gasteiger partial charge in [-0.3, -0.25) is 4.21 Å². The lowest BCUT2D eigenvalue weighted by Crippen LogP contribution is -2.08. The lowest BCUT2D eigenvalue weighted by Gasteiger charge is -2.00. The first-order chi connectivity index (χ1) is 4.72. The molecule has 2 unspecified atom stereocenters. The van der Waals surface area contributed by atoms with Crippen LogP contribution in [0.1, 0.15) is 26.2 Å². The molecule has 0 amide bonds. The molecule has 5 heteroatoms. The molecule has 0 heterocycles.